The lowest BCUT2D eigenvalue weighted by Crippen LogP contribution is -2.49. The van der Waals surface area contributed by atoms with E-state index < -0.39 is 29.9 Å². The molecular weight excluding hydrogens is 288 g/mol. The highest BCUT2D eigenvalue weighted by atomic mass is 19.4. The van der Waals surface area contributed by atoms with Gasteiger partial charge in [0.25, 0.3) is 0 Å². The molecule has 1 heterocycles. The number of nitrogens with one attached hydrogen (secondary N) is 2. The van der Waals surface area contributed by atoms with E-state index in [-0.39, 0.29) is 25.1 Å². The van der Waals surface area contributed by atoms with E-state index in [1.54, 1.807) is 13.0 Å². The first kappa shape index (κ1) is 15.8. The van der Waals surface area contributed by atoms with Crippen molar-refractivity contribution >= 4 is 11.6 Å². The van der Waals surface area contributed by atoms with Gasteiger partial charge in [-0.1, -0.05) is 6.07 Å². The van der Waals surface area contributed by atoms with Gasteiger partial charge in [-0.3, -0.25) is 4.79 Å². The number of carbonyl (C=O) groups excluding carboxylic acids is 1. The first-order valence-electron chi connectivity index (χ1n) is 6.64. The summed E-state index contributed by atoms with van der Waals surface area (Å²) in [5, 5.41) is 4.99. The van der Waals surface area contributed by atoms with E-state index in [1.807, 2.05) is 0 Å². The van der Waals surface area contributed by atoms with Gasteiger partial charge in [0, 0.05) is 6.54 Å². The lowest BCUT2D eigenvalue weighted by molar-refractivity contribution is -0.180. The number of hydrogen-bond acceptors (Lipinski definition) is 2. The molecule has 1 saturated heterocycles. The van der Waals surface area contributed by atoms with Crippen LogP contribution < -0.4 is 10.6 Å². The normalized spacial score (nSPS) is 22.9. The Bertz CT molecular complexity index is 522. The lowest BCUT2D eigenvalue weighted by atomic mass is 9.94. The largest absolute Gasteiger partial charge is 0.393 e. The van der Waals surface area contributed by atoms with Crippen molar-refractivity contribution in [1.82, 2.24) is 5.32 Å². The lowest BCUT2D eigenvalue weighted by Gasteiger charge is -2.30. The number of rotatable bonds is 2. The van der Waals surface area contributed by atoms with Crippen molar-refractivity contribution in [3.63, 3.8) is 0 Å². The Morgan fingerprint density at radius 1 is 1.33 bits per heavy atom. The van der Waals surface area contributed by atoms with E-state index in [4.69, 9.17) is 0 Å². The Kier molecular flexibility index (Phi) is 4.51. The number of anilines is 1. The van der Waals surface area contributed by atoms with Gasteiger partial charge in [-0.25, -0.2) is 4.39 Å². The quantitative estimate of drug-likeness (QED) is 0.825. The third kappa shape index (κ3) is 3.93. The molecule has 0 bridgehead atoms. The summed E-state index contributed by atoms with van der Waals surface area (Å²) in [7, 11) is 0. The van der Waals surface area contributed by atoms with Gasteiger partial charge in [-0.05, 0) is 37.5 Å². The van der Waals surface area contributed by atoms with Gasteiger partial charge < -0.3 is 10.6 Å². The van der Waals surface area contributed by atoms with Gasteiger partial charge in [0.05, 0.1) is 17.6 Å². The molecule has 7 heteroatoms. The molecule has 1 aliphatic heterocycles. The van der Waals surface area contributed by atoms with Gasteiger partial charge in [-0.15, -0.1) is 0 Å². The van der Waals surface area contributed by atoms with Crippen LogP contribution >= 0.6 is 0 Å². The number of amides is 1. The second-order valence-electron chi connectivity index (χ2n) is 5.25. The molecule has 1 fully saturated rings. The molecule has 1 amide bonds. The van der Waals surface area contributed by atoms with E-state index in [2.05, 4.69) is 10.6 Å². The molecule has 3 nitrogen and oxygen atoms in total. The summed E-state index contributed by atoms with van der Waals surface area (Å²) >= 11 is 0. The van der Waals surface area contributed by atoms with Crippen molar-refractivity contribution in [2.75, 3.05) is 11.9 Å². The summed E-state index contributed by atoms with van der Waals surface area (Å²) in [6.45, 7) is 1.46. The third-order valence-electron chi connectivity index (χ3n) is 3.57. The third-order valence-corrected chi connectivity index (χ3v) is 3.57. The molecule has 21 heavy (non-hydrogen) atoms. The maximum absolute atomic E-state index is 13.5. The Morgan fingerprint density at radius 3 is 2.62 bits per heavy atom. The molecule has 2 atom stereocenters. The molecule has 0 aliphatic carbocycles. The predicted octanol–water partition coefficient (Wildman–Crippen LogP) is 3.00. The Labute approximate surface area is 119 Å². The van der Waals surface area contributed by atoms with Gasteiger partial charge in [0.15, 0.2) is 0 Å². The minimum Gasteiger partial charge on any atom is -0.322 e. The van der Waals surface area contributed by atoms with Gasteiger partial charge in [-0.2, -0.15) is 13.2 Å². The maximum Gasteiger partial charge on any atom is 0.393 e. The van der Waals surface area contributed by atoms with Crippen LogP contribution in [0.1, 0.15) is 18.4 Å². The second-order valence-corrected chi connectivity index (χ2v) is 5.25. The first-order chi connectivity index (χ1) is 9.77. The topological polar surface area (TPSA) is 41.1 Å². The molecule has 2 N–H and O–H groups in total. The molecule has 2 unspecified atom stereocenters. The van der Waals surface area contributed by atoms with E-state index in [0.29, 0.717) is 0 Å². The van der Waals surface area contributed by atoms with Crippen molar-refractivity contribution in [1.29, 1.82) is 0 Å². The Balaban J connectivity index is 1.95. The Hall–Kier alpha value is -1.63. The number of aryl methyl sites for hydroxylation is 1. The standard InChI is InChI=1S/C14H16F4N2O/c1-8-2-4-10(15)12(6-8)20-13(21)11-5-3-9(7-19-11)14(16,17)18/h2,4,6,9,11,19H,3,5,7H2,1H3,(H,20,21). The van der Waals surface area contributed by atoms with Crippen LogP contribution in [0.25, 0.3) is 0 Å². The number of alkyl halides is 3. The van der Waals surface area contributed by atoms with Crippen LogP contribution in [0.3, 0.4) is 0 Å². The SMILES string of the molecule is Cc1ccc(F)c(NC(=O)C2CCC(C(F)(F)F)CN2)c1. The summed E-state index contributed by atoms with van der Waals surface area (Å²) in [4.78, 5) is 12.0. The average molecular weight is 304 g/mol. The van der Waals surface area contributed by atoms with Gasteiger partial charge >= 0.3 is 6.18 Å². The molecule has 1 aromatic carbocycles. The maximum atomic E-state index is 13.5. The number of piperidine rings is 1. The van der Waals surface area contributed by atoms with Crippen molar-refractivity contribution < 1.29 is 22.4 Å². The minimum atomic E-state index is -4.25. The molecule has 0 saturated carbocycles. The average Bonchev–Trinajstić information content (AvgIpc) is 2.42. The molecule has 0 aromatic heterocycles. The smallest absolute Gasteiger partial charge is 0.322 e. The molecule has 2 rings (SSSR count). The molecule has 116 valence electrons. The highest BCUT2D eigenvalue weighted by Crippen LogP contribution is 2.32. The fraction of sp³-hybridized carbons (Fsp3) is 0.500. The zero-order valence-corrected chi connectivity index (χ0v) is 11.4. The van der Waals surface area contributed by atoms with E-state index in [1.165, 1.54) is 12.1 Å². The molecule has 0 radical (unpaired) electrons. The predicted molar refractivity (Wildman–Crippen MR) is 70.3 cm³/mol. The van der Waals surface area contributed by atoms with Crippen LogP contribution in [0.4, 0.5) is 23.2 Å². The number of benzene rings is 1. The van der Waals surface area contributed by atoms with Crippen molar-refractivity contribution in [2.24, 2.45) is 5.92 Å². The molecule has 1 aromatic rings. The fourth-order valence-electron chi connectivity index (χ4n) is 2.31. The number of hydrogen-bond donors (Lipinski definition) is 2. The monoisotopic (exact) mass is 304 g/mol. The minimum absolute atomic E-state index is 0.0414. The molecule has 1 aliphatic rings. The summed E-state index contributed by atoms with van der Waals surface area (Å²) in [6.07, 6.45) is -4.29. The van der Waals surface area contributed by atoms with Crippen LogP contribution in [-0.2, 0) is 4.79 Å². The Morgan fingerprint density at radius 2 is 2.05 bits per heavy atom. The fourth-order valence-corrected chi connectivity index (χ4v) is 2.31. The molecular formula is C14H16F4N2O. The van der Waals surface area contributed by atoms with Crippen molar-refractivity contribution in [3.8, 4) is 0 Å². The molecule has 0 spiro atoms. The van der Waals surface area contributed by atoms with E-state index >= 15 is 0 Å². The number of halogens is 4. The van der Waals surface area contributed by atoms with Crippen LogP contribution in [-0.4, -0.2) is 24.7 Å². The van der Waals surface area contributed by atoms with Gasteiger partial charge in [0.1, 0.15) is 5.82 Å². The van der Waals surface area contributed by atoms with Crippen molar-refractivity contribution in [2.45, 2.75) is 32.0 Å². The van der Waals surface area contributed by atoms with Crippen LogP contribution in [0.15, 0.2) is 18.2 Å². The van der Waals surface area contributed by atoms with Gasteiger partial charge in [0.2, 0.25) is 5.91 Å². The first-order valence-corrected chi connectivity index (χ1v) is 6.64. The highest BCUT2D eigenvalue weighted by Gasteiger charge is 2.42. The summed E-state index contributed by atoms with van der Waals surface area (Å²) in [5.41, 5.74) is 0.820. The highest BCUT2D eigenvalue weighted by molar-refractivity contribution is 5.95. The summed E-state index contributed by atoms with van der Waals surface area (Å²) in [5.74, 6) is -2.52. The van der Waals surface area contributed by atoms with Crippen LogP contribution in [0, 0.1) is 18.7 Å². The van der Waals surface area contributed by atoms with Crippen molar-refractivity contribution in [3.05, 3.63) is 29.6 Å². The van der Waals surface area contributed by atoms with Crippen LogP contribution in [0.2, 0.25) is 0 Å². The zero-order valence-electron chi connectivity index (χ0n) is 11.4. The van der Waals surface area contributed by atoms with E-state index in [9.17, 15) is 22.4 Å². The van der Waals surface area contributed by atoms with Crippen LogP contribution in [0.5, 0.6) is 0 Å². The summed E-state index contributed by atoms with van der Waals surface area (Å²) < 4.78 is 51.1. The van der Waals surface area contributed by atoms with E-state index in [0.717, 1.165) is 5.56 Å². The number of carbonyl (C=O) groups is 1. The zero-order chi connectivity index (χ0) is 15.6. The second kappa shape index (κ2) is 6.01. The summed E-state index contributed by atoms with van der Waals surface area (Å²) in [6, 6.07) is 3.55.